The minimum Gasteiger partial charge on any atom is -0.143 e. The average molecular weight is 294 g/mol. The summed E-state index contributed by atoms with van der Waals surface area (Å²) in [5.41, 5.74) is 4.86. The molecule has 0 saturated heterocycles. The Bertz CT molecular complexity index is 649. The molecule has 0 aliphatic carbocycles. The van der Waals surface area contributed by atoms with Crippen LogP contribution in [0.15, 0.2) is 82.6 Å². The van der Waals surface area contributed by atoms with Crippen molar-refractivity contribution in [2.24, 2.45) is 0 Å². The summed E-state index contributed by atoms with van der Waals surface area (Å²) in [6, 6.07) is 24.9. The summed E-state index contributed by atoms with van der Waals surface area (Å²) in [5, 5.41) is 0. The molecule has 0 N–H and O–H groups in total. The number of hydrogen-bond acceptors (Lipinski definition) is 2. The Balaban J connectivity index is 2.13. The smallest absolute Gasteiger partial charge is 0.00404 e. The van der Waals surface area contributed by atoms with Crippen LogP contribution >= 0.6 is 25.3 Å². The summed E-state index contributed by atoms with van der Waals surface area (Å²) in [6.45, 7) is 0. The Kier molecular flexibility index (Phi) is 3.86. The maximum absolute atomic E-state index is 4.34. The van der Waals surface area contributed by atoms with Crippen LogP contribution in [0.5, 0.6) is 0 Å². The molecular formula is C18H14S2. The molecule has 0 unspecified atom stereocenters. The van der Waals surface area contributed by atoms with Crippen molar-refractivity contribution in [2.45, 2.75) is 9.79 Å². The van der Waals surface area contributed by atoms with Gasteiger partial charge in [0, 0.05) is 9.79 Å². The molecule has 0 aromatic heterocycles. The van der Waals surface area contributed by atoms with Gasteiger partial charge in [0.05, 0.1) is 0 Å². The van der Waals surface area contributed by atoms with Gasteiger partial charge in [0.15, 0.2) is 0 Å². The zero-order chi connectivity index (χ0) is 13.9. The summed E-state index contributed by atoms with van der Waals surface area (Å²) in [4.78, 5) is 1.95. The number of rotatable bonds is 2. The Hall–Kier alpha value is -1.64. The summed E-state index contributed by atoms with van der Waals surface area (Å²) < 4.78 is 0. The third-order valence-corrected chi connectivity index (χ3v) is 3.88. The molecule has 0 nitrogen and oxygen atoms in total. The summed E-state index contributed by atoms with van der Waals surface area (Å²) in [6.07, 6.45) is 0. The molecule has 2 heteroatoms. The summed E-state index contributed by atoms with van der Waals surface area (Å²) in [5.74, 6) is 0. The van der Waals surface area contributed by atoms with Gasteiger partial charge in [0.2, 0.25) is 0 Å². The van der Waals surface area contributed by atoms with E-state index in [1.54, 1.807) is 0 Å². The third-order valence-electron chi connectivity index (χ3n) is 3.28. The molecule has 3 aromatic rings. The number of thiol groups is 2. The molecule has 0 radical (unpaired) electrons. The normalized spacial score (nSPS) is 10.5. The van der Waals surface area contributed by atoms with E-state index in [1.807, 2.05) is 24.3 Å². The first-order valence-electron chi connectivity index (χ1n) is 6.42. The minimum atomic E-state index is 0.977. The fraction of sp³-hybridized carbons (Fsp3) is 0. The van der Waals surface area contributed by atoms with E-state index in [2.05, 4.69) is 73.8 Å². The molecule has 0 spiro atoms. The lowest BCUT2D eigenvalue weighted by Crippen LogP contribution is -1.84. The van der Waals surface area contributed by atoms with E-state index < -0.39 is 0 Å². The highest BCUT2D eigenvalue weighted by molar-refractivity contribution is 7.80. The van der Waals surface area contributed by atoms with E-state index in [-0.39, 0.29) is 0 Å². The second-order valence-electron chi connectivity index (χ2n) is 4.64. The molecule has 0 aliphatic rings. The van der Waals surface area contributed by atoms with Gasteiger partial charge in [-0.1, -0.05) is 48.5 Å². The second-order valence-corrected chi connectivity index (χ2v) is 5.67. The Morgan fingerprint density at radius 2 is 0.800 bits per heavy atom. The van der Waals surface area contributed by atoms with Gasteiger partial charge in [-0.05, 0) is 46.5 Å². The topological polar surface area (TPSA) is 0 Å². The van der Waals surface area contributed by atoms with Crippen LogP contribution in [0.25, 0.3) is 22.3 Å². The number of hydrogen-bond donors (Lipinski definition) is 2. The molecule has 0 atom stereocenters. The summed E-state index contributed by atoms with van der Waals surface area (Å²) in [7, 11) is 0. The molecule has 0 heterocycles. The molecule has 0 amide bonds. The highest BCUT2D eigenvalue weighted by Gasteiger charge is 2.06. The van der Waals surface area contributed by atoms with Crippen molar-refractivity contribution >= 4 is 25.3 Å². The van der Waals surface area contributed by atoms with Gasteiger partial charge in [0.1, 0.15) is 0 Å². The van der Waals surface area contributed by atoms with Gasteiger partial charge in [-0.3, -0.25) is 0 Å². The lowest BCUT2D eigenvalue weighted by Gasteiger charge is -2.10. The molecule has 0 fully saturated rings. The van der Waals surface area contributed by atoms with E-state index in [9.17, 15) is 0 Å². The highest BCUT2D eigenvalue weighted by atomic mass is 32.1. The molecule has 20 heavy (non-hydrogen) atoms. The van der Waals surface area contributed by atoms with Crippen molar-refractivity contribution in [3.05, 3.63) is 72.8 Å². The van der Waals surface area contributed by atoms with Crippen molar-refractivity contribution in [1.82, 2.24) is 0 Å². The average Bonchev–Trinajstić information content (AvgIpc) is 2.49. The van der Waals surface area contributed by atoms with Crippen LogP contribution in [-0.2, 0) is 0 Å². The Morgan fingerprint density at radius 3 is 1.15 bits per heavy atom. The van der Waals surface area contributed by atoms with Crippen LogP contribution in [-0.4, -0.2) is 0 Å². The molecule has 0 aliphatic heterocycles. The monoisotopic (exact) mass is 294 g/mol. The predicted molar refractivity (Wildman–Crippen MR) is 91.8 cm³/mol. The molecule has 0 saturated carbocycles. The van der Waals surface area contributed by atoms with Crippen molar-refractivity contribution in [2.75, 3.05) is 0 Å². The van der Waals surface area contributed by atoms with Crippen molar-refractivity contribution in [3.63, 3.8) is 0 Å². The zero-order valence-corrected chi connectivity index (χ0v) is 12.6. The van der Waals surface area contributed by atoms with E-state index in [4.69, 9.17) is 0 Å². The molecule has 98 valence electrons. The molecule has 3 rings (SSSR count). The highest BCUT2D eigenvalue weighted by Crippen LogP contribution is 2.32. The quantitative estimate of drug-likeness (QED) is 0.565. The third kappa shape index (κ3) is 2.77. The van der Waals surface area contributed by atoms with Gasteiger partial charge in [-0.2, -0.15) is 0 Å². The van der Waals surface area contributed by atoms with Crippen LogP contribution in [0.2, 0.25) is 0 Å². The first-order chi connectivity index (χ1) is 9.74. The minimum absolute atomic E-state index is 0.977. The zero-order valence-electron chi connectivity index (χ0n) is 10.8. The van der Waals surface area contributed by atoms with Gasteiger partial charge in [-0.25, -0.2) is 0 Å². The van der Waals surface area contributed by atoms with Crippen LogP contribution in [0.3, 0.4) is 0 Å². The van der Waals surface area contributed by atoms with E-state index in [0.717, 1.165) is 9.79 Å². The van der Waals surface area contributed by atoms with Crippen molar-refractivity contribution in [1.29, 1.82) is 0 Å². The van der Waals surface area contributed by atoms with Gasteiger partial charge in [0.25, 0.3) is 0 Å². The van der Waals surface area contributed by atoms with E-state index in [0.29, 0.717) is 0 Å². The van der Waals surface area contributed by atoms with Gasteiger partial charge >= 0.3 is 0 Å². The van der Waals surface area contributed by atoms with Crippen LogP contribution in [0.4, 0.5) is 0 Å². The van der Waals surface area contributed by atoms with Crippen LogP contribution in [0, 0.1) is 0 Å². The predicted octanol–water partition coefficient (Wildman–Crippen LogP) is 5.60. The number of benzene rings is 3. The van der Waals surface area contributed by atoms with E-state index >= 15 is 0 Å². The maximum atomic E-state index is 4.34. The van der Waals surface area contributed by atoms with Gasteiger partial charge in [-0.15, -0.1) is 25.3 Å². The summed E-state index contributed by atoms with van der Waals surface area (Å²) >= 11 is 8.69. The van der Waals surface area contributed by atoms with Crippen LogP contribution < -0.4 is 0 Å². The largest absolute Gasteiger partial charge is 0.143 e. The SMILES string of the molecule is Sc1ccc(-c2ccccc2-c2ccc(S)cc2)cc1. The molecule has 3 aromatic carbocycles. The van der Waals surface area contributed by atoms with Gasteiger partial charge < -0.3 is 0 Å². The first kappa shape index (κ1) is 13.3. The van der Waals surface area contributed by atoms with Crippen LogP contribution in [0.1, 0.15) is 0 Å². The standard InChI is InChI=1S/C18H14S2/c19-15-9-5-13(6-10-15)17-3-1-2-4-18(17)14-7-11-16(20)12-8-14/h1-12,19-20H. The fourth-order valence-electron chi connectivity index (χ4n) is 2.27. The van der Waals surface area contributed by atoms with E-state index in [1.165, 1.54) is 22.3 Å². The first-order valence-corrected chi connectivity index (χ1v) is 7.31. The fourth-order valence-corrected chi connectivity index (χ4v) is 2.57. The van der Waals surface area contributed by atoms with Crippen molar-refractivity contribution < 1.29 is 0 Å². The molecular weight excluding hydrogens is 280 g/mol. The Morgan fingerprint density at radius 1 is 0.450 bits per heavy atom. The lowest BCUT2D eigenvalue weighted by atomic mass is 9.95. The Labute approximate surface area is 130 Å². The second kappa shape index (κ2) is 5.78. The van der Waals surface area contributed by atoms with Crippen molar-refractivity contribution in [3.8, 4) is 22.3 Å². The lowest BCUT2D eigenvalue weighted by molar-refractivity contribution is 1.45. The molecule has 0 bridgehead atoms. The maximum Gasteiger partial charge on any atom is 0.00404 e.